The average molecular weight is 285 g/mol. The minimum absolute atomic E-state index is 0.120. The van der Waals surface area contributed by atoms with Gasteiger partial charge in [-0.15, -0.1) is 0 Å². The predicted molar refractivity (Wildman–Crippen MR) is 75.2 cm³/mol. The van der Waals surface area contributed by atoms with Gasteiger partial charge in [-0.25, -0.2) is 9.07 Å². The summed E-state index contributed by atoms with van der Waals surface area (Å²) in [5.74, 6) is -0.513. The zero-order valence-corrected chi connectivity index (χ0v) is 11.0. The summed E-state index contributed by atoms with van der Waals surface area (Å²) in [7, 11) is 0. The topological polar surface area (TPSA) is 68.0 Å². The maximum absolute atomic E-state index is 13.6. The summed E-state index contributed by atoms with van der Waals surface area (Å²) in [6.07, 6.45) is 1.87. The molecule has 0 saturated heterocycles. The lowest BCUT2D eigenvalue weighted by Gasteiger charge is -2.13. The Morgan fingerprint density at radius 3 is 2.86 bits per heavy atom. The molecule has 1 N–H and O–H groups in total. The van der Waals surface area contributed by atoms with E-state index < -0.39 is 11.9 Å². The van der Waals surface area contributed by atoms with Crippen LogP contribution in [0.1, 0.15) is 11.7 Å². The highest BCUT2D eigenvalue weighted by Gasteiger charge is 2.15. The first-order valence-corrected chi connectivity index (χ1v) is 6.40. The number of hydrogen-bond acceptors (Lipinski definition) is 4. The van der Waals surface area contributed by atoms with E-state index in [1.165, 1.54) is 24.4 Å². The summed E-state index contributed by atoms with van der Waals surface area (Å²) in [5, 5.41) is 14.5. The van der Waals surface area contributed by atoms with Gasteiger partial charge in [-0.3, -0.25) is 9.78 Å². The highest BCUT2D eigenvalue weighted by Crippen LogP contribution is 2.17. The molecule has 0 aliphatic rings. The van der Waals surface area contributed by atoms with Gasteiger partial charge >= 0.3 is 0 Å². The van der Waals surface area contributed by atoms with E-state index in [1.807, 2.05) is 0 Å². The van der Waals surface area contributed by atoms with E-state index in [1.54, 1.807) is 24.4 Å². The van der Waals surface area contributed by atoms with Crippen LogP contribution in [0.5, 0.6) is 0 Å². The molecule has 0 aliphatic heterocycles. The predicted octanol–water partition coefficient (Wildman–Crippen LogP) is 1.66. The van der Waals surface area contributed by atoms with Gasteiger partial charge in [0.25, 0.3) is 5.56 Å². The van der Waals surface area contributed by atoms with Crippen molar-refractivity contribution in [2.45, 2.75) is 12.6 Å². The number of aliphatic hydroxyl groups is 1. The second kappa shape index (κ2) is 5.41. The van der Waals surface area contributed by atoms with Crippen LogP contribution in [-0.2, 0) is 6.54 Å². The monoisotopic (exact) mass is 285 g/mol. The summed E-state index contributed by atoms with van der Waals surface area (Å²) < 4.78 is 14.7. The van der Waals surface area contributed by atoms with Gasteiger partial charge in [-0.1, -0.05) is 18.2 Å². The zero-order valence-electron chi connectivity index (χ0n) is 11.0. The Balaban J connectivity index is 1.97. The lowest BCUT2D eigenvalue weighted by atomic mass is 10.1. The number of benzene rings is 1. The molecule has 0 spiro atoms. The number of aliphatic hydroxyl groups excluding tert-OH is 1. The van der Waals surface area contributed by atoms with Crippen LogP contribution >= 0.6 is 0 Å². The van der Waals surface area contributed by atoms with E-state index >= 15 is 0 Å². The van der Waals surface area contributed by atoms with Crippen molar-refractivity contribution in [1.82, 2.24) is 14.8 Å². The number of aromatic nitrogens is 3. The van der Waals surface area contributed by atoms with Crippen molar-refractivity contribution in [3.63, 3.8) is 0 Å². The second-order valence-corrected chi connectivity index (χ2v) is 4.61. The highest BCUT2D eigenvalue weighted by molar-refractivity contribution is 5.75. The number of nitrogens with zero attached hydrogens (tertiary/aromatic N) is 3. The van der Waals surface area contributed by atoms with Gasteiger partial charge in [-0.05, 0) is 18.2 Å². The van der Waals surface area contributed by atoms with Crippen LogP contribution in [-0.4, -0.2) is 19.9 Å². The molecule has 0 aliphatic carbocycles. The van der Waals surface area contributed by atoms with Crippen molar-refractivity contribution >= 4 is 10.9 Å². The minimum atomic E-state index is -1.15. The number of pyridine rings is 1. The molecule has 106 valence electrons. The SMILES string of the molecule is O=c1c2cccnc2cnn1CC(O)c1ccccc1F. The maximum Gasteiger partial charge on any atom is 0.276 e. The fourth-order valence-corrected chi connectivity index (χ4v) is 2.15. The molecule has 2 aromatic heterocycles. The van der Waals surface area contributed by atoms with Crippen LogP contribution in [0, 0.1) is 5.82 Å². The molecule has 1 aromatic carbocycles. The van der Waals surface area contributed by atoms with Crippen LogP contribution < -0.4 is 5.56 Å². The Kier molecular flexibility index (Phi) is 3.45. The summed E-state index contributed by atoms with van der Waals surface area (Å²) in [6, 6.07) is 9.20. The second-order valence-electron chi connectivity index (χ2n) is 4.61. The van der Waals surface area contributed by atoms with Crippen molar-refractivity contribution in [3.05, 3.63) is 70.5 Å². The Hall–Kier alpha value is -2.60. The first kappa shape index (κ1) is 13.4. The summed E-state index contributed by atoms with van der Waals surface area (Å²) in [5.41, 5.74) is 0.257. The zero-order chi connectivity index (χ0) is 14.8. The summed E-state index contributed by atoms with van der Waals surface area (Å²) in [6.45, 7) is -0.120. The van der Waals surface area contributed by atoms with E-state index in [2.05, 4.69) is 10.1 Å². The van der Waals surface area contributed by atoms with Gasteiger partial charge in [-0.2, -0.15) is 5.10 Å². The summed E-state index contributed by atoms with van der Waals surface area (Å²) >= 11 is 0. The Morgan fingerprint density at radius 1 is 1.24 bits per heavy atom. The summed E-state index contributed by atoms with van der Waals surface area (Å²) in [4.78, 5) is 16.3. The maximum atomic E-state index is 13.6. The quantitative estimate of drug-likeness (QED) is 0.794. The Labute approximate surface area is 119 Å². The molecule has 5 nitrogen and oxygen atoms in total. The molecule has 0 radical (unpaired) electrons. The number of halogens is 1. The van der Waals surface area contributed by atoms with Crippen molar-refractivity contribution in [3.8, 4) is 0 Å². The molecule has 0 fully saturated rings. The molecule has 3 aromatic rings. The van der Waals surface area contributed by atoms with E-state index in [0.717, 1.165) is 4.68 Å². The van der Waals surface area contributed by atoms with Crippen molar-refractivity contribution in [1.29, 1.82) is 0 Å². The molecule has 2 heterocycles. The Bertz CT molecular complexity index is 847. The molecule has 1 atom stereocenters. The number of hydrogen-bond donors (Lipinski definition) is 1. The number of fused-ring (bicyclic) bond motifs is 1. The van der Waals surface area contributed by atoms with Crippen LogP contribution in [0.3, 0.4) is 0 Å². The van der Waals surface area contributed by atoms with E-state index in [-0.39, 0.29) is 17.7 Å². The van der Waals surface area contributed by atoms with Crippen LogP contribution in [0.15, 0.2) is 53.6 Å². The lowest BCUT2D eigenvalue weighted by Crippen LogP contribution is -2.26. The normalized spacial score (nSPS) is 12.5. The van der Waals surface area contributed by atoms with Crippen LogP contribution in [0.2, 0.25) is 0 Å². The van der Waals surface area contributed by atoms with Crippen molar-refractivity contribution in [2.24, 2.45) is 0 Å². The third kappa shape index (κ3) is 2.53. The molecule has 6 heteroatoms. The molecule has 3 rings (SSSR count). The van der Waals surface area contributed by atoms with Crippen molar-refractivity contribution in [2.75, 3.05) is 0 Å². The molecule has 0 bridgehead atoms. The fourth-order valence-electron chi connectivity index (χ4n) is 2.15. The van der Waals surface area contributed by atoms with E-state index in [9.17, 15) is 14.3 Å². The molecular formula is C15H12FN3O2. The largest absolute Gasteiger partial charge is 0.386 e. The third-order valence-electron chi connectivity index (χ3n) is 3.23. The minimum Gasteiger partial charge on any atom is -0.386 e. The van der Waals surface area contributed by atoms with Gasteiger partial charge in [0, 0.05) is 11.8 Å². The van der Waals surface area contributed by atoms with E-state index in [0.29, 0.717) is 10.9 Å². The van der Waals surface area contributed by atoms with Crippen LogP contribution in [0.4, 0.5) is 4.39 Å². The van der Waals surface area contributed by atoms with Gasteiger partial charge in [0.1, 0.15) is 11.9 Å². The van der Waals surface area contributed by atoms with Gasteiger partial charge < -0.3 is 5.11 Å². The smallest absolute Gasteiger partial charge is 0.276 e. The lowest BCUT2D eigenvalue weighted by molar-refractivity contribution is 0.145. The molecule has 1 unspecified atom stereocenters. The standard InChI is InChI=1S/C15H12FN3O2/c16-12-6-2-1-4-10(12)14(20)9-19-15(21)11-5-3-7-17-13(11)8-18-19/h1-8,14,20H,9H2. The van der Waals surface area contributed by atoms with Gasteiger partial charge in [0.2, 0.25) is 0 Å². The number of rotatable bonds is 3. The first-order chi connectivity index (χ1) is 10.2. The third-order valence-corrected chi connectivity index (χ3v) is 3.23. The Morgan fingerprint density at radius 2 is 2.05 bits per heavy atom. The fraction of sp³-hybridized carbons (Fsp3) is 0.133. The van der Waals surface area contributed by atoms with E-state index in [4.69, 9.17) is 0 Å². The molecule has 0 saturated carbocycles. The molecule has 21 heavy (non-hydrogen) atoms. The average Bonchev–Trinajstić information content (AvgIpc) is 2.51. The van der Waals surface area contributed by atoms with Gasteiger partial charge in [0.05, 0.1) is 23.6 Å². The van der Waals surface area contributed by atoms with Gasteiger partial charge in [0.15, 0.2) is 0 Å². The molecule has 0 amide bonds. The molecular weight excluding hydrogens is 273 g/mol. The first-order valence-electron chi connectivity index (χ1n) is 6.40. The highest BCUT2D eigenvalue weighted by atomic mass is 19.1. The van der Waals surface area contributed by atoms with Crippen LogP contribution in [0.25, 0.3) is 10.9 Å². The van der Waals surface area contributed by atoms with Crippen molar-refractivity contribution < 1.29 is 9.50 Å².